The van der Waals surface area contributed by atoms with Crippen molar-refractivity contribution in [3.63, 3.8) is 0 Å². The van der Waals surface area contributed by atoms with E-state index < -0.39 is 5.95 Å². The molecule has 128 valence electrons. The number of hydrogen-bond donors (Lipinski definition) is 1. The predicted molar refractivity (Wildman–Crippen MR) is 93.7 cm³/mol. The van der Waals surface area contributed by atoms with E-state index in [-0.39, 0.29) is 6.04 Å². The molecule has 1 saturated carbocycles. The molecule has 2 unspecified atom stereocenters. The van der Waals surface area contributed by atoms with Gasteiger partial charge in [-0.3, -0.25) is 0 Å². The summed E-state index contributed by atoms with van der Waals surface area (Å²) in [5.74, 6) is 0.983. The van der Waals surface area contributed by atoms with Crippen LogP contribution < -0.4 is 10.1 Å². The number of nitrogens with one attached hydrogen (secondary N) is 1. The summed E-state index contributed by atoms with van der Waals surface area (Å²) < 4.78 is 18.5. The Morgan fingerprint density at radius 3 is 2.92 bits per heavy atom. The number of rotatable bonds is 6. The zero-order valence-electron chi connectivity index (χ0n) is 14.3. The summed E-state index contributed by atoms with van der Waals surface area (Å²) in [6, 6.07) is 12.4. The Bertz CT molecular complexity index is 659. The van der Waals surface area contributed by atoms with Crippen molar-refractivity contribution in [2.75, 3.05) is 6.61 Å². The van der Waals surface area contributed by atoms with Gasteiger partial charge >= 0.3 is 0 Å². The Labute approximate surface area is 143 Å². The van der Waals surface area contributed by atoms with Crippen LogP contribution in [-0.2, 0) is 0 Å². The number of ether oxygens (including phenoxy) is 1. The number of aromatic nitrogens is 1. The molecule has 1 aliphatic rings. The number of nitrogens with zero attached hydrogens (tertiary/aromatic N) is 1. The van der Waals surface area contributed by atoms with Gasteiger partial charge in [0.1, 0.15) is 5.75 Å². The van der Waals surface area contributed by atoms with Gasteiger partial charge in [0.15, 0.2) is 0 Å². The first-order valence-corrected chi connectivity index (χ1v) is 8.76. The van der Waals surface area contributed by atoms with Gasteiger partial charge in [0.05, 0.1) is 6.61 Å². The summed E-state index contributed by atoms with van der Waals surface area (Å²) in [7, 11) is 0. The minimum atomic E-state index is -0.408. The first-order valence-electron chi connectivity index (χ1n) is 8.76. The van der Waals surface area contributed by atoms with Crippen LogP contribution in [0.2, 0.25) is 0 Å². The average Bonchev–Trinajstić information content (AvgIpc) is 3.04. The van der Waals surface area contributed by atoms with Gasteiger partial charge in [0.25, 0.3) is 0 Å². The van der Waals surface area contributed by atoms with E-state index in [1.165, 1.54) is 11.6 Å². The van der Waals surface area contributed by atoms with Gasteiger partial charge in [-0.05, 0) is 68.4 Å². The predicted octanol–water partition coefficient (Wildman–Crippen LogP) is 4.61. The highest BCUT2D eigenvalue weighted by molar-refractivity contribution is 5.30. The minimum Gasteiger partial charge on any atom is -0.494 e. The molecule has 24 heavy (non-hydrogen) atoms. The van der Waals surface area contributed by atoms with E-state index in [4.69, 9.17) is 4.74 Å². The monoisotopic (exact) mass is 328 g/mol. The van der Waals surface area contributed by atoms with Crippen molar-refractivity contribution in [2.24, 2.45) is 0 Å². The molecule has 0 saturated heterocycles. The van der Waals surface area contributed by atoms with Gasteiger partial charge in [-0.1, -0.05) is 18.2 Å². The molecule has 2 aromatic rings. The number of pyridine rings is 1. The molecule has 1 fully saturated rings. The van der Waals surface area contributed by atoms with Gasteiger partial charge in [-0.15, -0.1) is 0 Å². The molecule has 0 aliphatic heterocycles. The summed E-state index contributed by atoms with van der Waals surface area (Å²) in [5, 5.41) is 3.73. The fourth-order valence-electron chi connectivity index (χ4n) is 3.55. The van der Waals surface area contributed by atoms with Gasteiger partial charge < -0.3 is 10.1 Å². The maximum Gasteiger partial charge on any atom is 0.212 e. The molecule has 1 aromatic carbocycles. The summed E-state index contributed by atoms with van der Waals surface area (Å²) >= 11 is 0. The normalized spacial score (nSPS) is 21.6. The third-order valence-electron chi connectivity index (χ3n) is 4.81. The van der Waals surface area contributed by atoms with E-state index in [9.17, 15) is 4.39 Å². The van der Waals surface area contributed by atoms with E-state index in [0.29, 0.717) is 18.6 Å². The van der Waals surface area contributed by atoms with Crippen LogP contribution in [0.1, 0.15) is 56.2 Å². The van der Waals surface area contributed by atoms with Crippen molar-refractivity contribution >= 4 is 0 Å². The summed E-state index contributed by atoms with van der Waals surface area (Å²) in [6.07, 6.45) is 5.01. The first-order chi connectivity index (χ1) is 11.7. The van der Waals surface area contributed by atoms with Crippen LogP contribution in [0.15, 0.2) is 42.6 Å². The van der Waals surface area contributed by atoms with Crippen LogP contribution in [0.3, 0.4) is 0 Å². The van der Waals surface area contributed by atoms with Crippen LogP contribution in [0.5, 0.6) is 5.75 Å². The average molecular weight is 328 g/mol. The van der Waals surface area contributed by atoms with E-state index in [1.54, 1.807) is 6.20 Å². The zero-order chi connectivity index (χ0) is 16.9. The topological polar surface area (TPSA) is 34.1 Å². The van der Waals surface area contributed by atoms with E-state index in [2.05, 4.69) is 29.4 Å². The lowest BCUT2D eigenvalue weighted by molar-refractivity contribution is 0.339. The van der Waals surface area contributed by atoms with Crippen LogP contribution in [0.25, 0.3) is 0 Å². The van der Waals surface area contributed by atoms with Crippen molar-refractivity contribution in [1.29, 1.82) is 0 Å². The quantitative estimate of drug-likeness (QED) is 0.787. The molecule has 1 aliphatic carbocycles. The summed E-state index contributed by atoms with van der Waals surface area (Å²) in [6.45, 7) is 4.87. The molecule has 0 amide bonds. The second-order valence-electron chi connectivity index (χ2n) is 6.52. The summed E-state index contributed by atoms with van der Waals surface area (Å²) in [5.41, 5.74) is 2.39. The molecular formula is C20H25FN2O. The van der Waals surface area contributed by atoms with Crippen molar-refractivity contribution in [1.82, 2.24) is 10.3 Å². The smallest absolute Gasteiger partial charge is 0.212 e. The zero-order valence-corrected chi connectivity index (χ0v) is 14.3. The number of halogens is 1. The Balaban J connectivity index is 1.58. The third kappa shape index (κ3) is 4.12. The third-order valence-corrected chi connectivity index (χ3v) is 4.81. The number of benzene rings is 1. The molecule has 1 N–H and O–H groups in total. The van der Waals surface area contributed by atoms with Crippen LogP contribution >= 0.6 is 0 Å². The molecule has 3 rings (SSSR count). The van der Waals surface area contributed by atoms with Crippen molar-refractivity contribution in [3.05, 3.63) is 59.7 Å². The Kier molecular flexibility index (Phi) is 5.46. The molecule has 3 atom stereocenters. The molecule has 1 heterocycles. The maximum absolute atomic E-state index is 13.0. The lowest BCUT2D eigenvalue weighted by Crippen LogP contribution is -2.29. The fraction of sp³-hybridized carbons (Fsp3) is 0.450. The molecular weight excluding hydrogens is 303 g/mol. The minimum absolute atomic E-state index is 0.278. The van der Waals surface area contributed by atoms with E-state index in [0.717, 1.165) is 30.6 Å². The largest absolute Gasteiger partial charge is 0.494 e. The SMILES string of the molecule is CCOc1cccc([C@@H](C)NC2CCC(c3ccc(F)nc3)C2)c1. The van der Waals surface area contributed by atoms with Gasteiger partial charge in [-0.2, -0.15) is 4.39 Å². The number of hydrogen-bond acceptors (Lipinski definition) is 3. The second-order valence-corrected chi connectivity index (χ2v) is 6.52. The lowest BCUT2D eigenvalue weighted by Gasteiger charge is -2.20. The molecule has 0 bridgehead atoms. The Morgan fingerprint density at radius 2 is 2.17 bits per heavy atom. The molecule has 1 aromatic heterocycles. The Morgan fingerprint density at radius 1 is 1.29 bits per heavy atom. The fourth-order valence-corrected chi connectivity index (χ4v) is 3.55. The molecule has 4 heteroatoms. The van der Waals surface area contributed by atoms with Crippen molar-refractivity contribution in [3.8, 4) is 5.75 Å². The van der Waals surface area contributed by atoms with E-state index in [1.807, 2.05) is 25.1 Å². The Hall–Kier alpha value is -1.94. The second kappa shape index (κ2) is 7.75. The highest BCUT2D eigenvalue weighted by Gasteiger charge is 2.27. The van der Waals surface area contributed by atoms with Crippen LogP contribution in [0.4, 0.5) is 4.39 Å². The maximum atomic E-state index is 13.0. The lowest BCUT2D eigenvalue weighted by atomic mass is 9.99. The highest BCUT2D eigenvalue weighted by Crippen LogP contribution is 2.35. The van der Waals surface area contributed by atoms with E-state index >= 15 is 0 Å². The van der Waals surface area contributed by atoms with Crippen LogP contribution in [0, 0.1) is 5.95 Å². The van der Waals surface area contributed by atoms with Crippen molar-refractivity contribution in [2.45, 2.75) is 51.1 Å². The summed E-state index contributed by atoms with van der Waals surface area (Å²) in [4.78, 5) is 3.78. The first kappa shape index (κ1) is 16.9. The highest BCUT2D eigenvalue weighted by atomic mass is 19.1. The van der Waals surface area contributed by atoms with Gasteiger partial charge in [0.2, 0.25) is 5.95 Å². The van der Waals surface area contributed by atoms with Gasteiger partial charge in [-0.25, -0.2) is 4.98 Å². The van der Waals surface area contributed by atoms with Gasteiger partial charge in [0, 0.05) is 18.3 Å². The molecule has 3 nitrogen and oxygen atoms in total. The molecule has 0 spiro atoms. The molecule has 0 radical (unpaired) electrons. The standard InChI is InChI=1S/C20H25FN2O/c1-3-24-19-6-4-5-15(12-19)14(2)23-18-9-7-16(11-18)17-8-10-20(21)22-13-17/h4-6,8,10,12-14,16,18,23H,3,7,9,11H2,1-2H3/t14-,16?,18?/m1/s1. The van der Waals surface area contributed by atoms with Crippen molar-refractivity contribution < 1.29 is 9.13 Å². The van der Waals surface area contributed by atoms with Crippen LogP contribution in [-0.4, -0.2) is 17.6 Å².